The summed E-state index contributed by atoms with van der Waals surface area (Å²) in [5.74, 6) is 1.14. The van der Waals surface area contributed by atoms with Gasteiger partial charge in [0.05, 0.1) is 11.0 Å². The van der Waals surface area contributed by atoms with E-state index < -0.39 is 0 Å². The van der Waals surface area contributed by atoms with E-state index in [2.05, 4.69) is 55.9 Å². The smallest absolute Gasteiger partial charge is 0.110 e. The maximum Gasteiger partial charge on any atom is 0.110 e. The van der Waals surface area contributed by atoms with Gasteiger partial charge in [-0.1, -0.05) is 26.8 Å². The lowest BCUT2D eigenvalue weighted by Crippen LogP contribution is -2.13. The summed E-state index contributed by atoms with van der Waals surface area (Å²) < 4.78 is 2.21. The van der Waals surface area contributed by atoms with Gasteiger partial charge in [-0.05, 0) is 30.2 Å². The minimum absolute atomic E-state index is 0.184. The summed E-state index contributed by atoms with van der Waals surface area (Å²) in [6.07, 6.45) is 0.965. The molecule has 2 rings (SSSR count). The lowest BCUT2D eigenvalue weighted by Gasteiger charge is -2.18. The Kier molecular flexibility index (Phi) is 3.44. The molecule has 0 aliphatic rings. The second-order valence-corrected chi connectivity index (χ2v) is 5.89. The highest BCUT2D eigenvalue weighted by Gasteiger charge is 2.16. The van der Waals surface area contributed by atoms with E-state index in [-0.39, 0.29) is 5.41 Å². The molecule has 0 amide bonds. The maximum atomic E-state index is 4.70. The first-order chi connectivity index (χ1) is 8.43. The van der Waals surface area contributed by atoms with Gasteiger partial charge < -0.3 is 9.88 Å². The molecule has 1 heterocycles. The summed E-state index contributed by atoms with van der Waals surface area (Å²) in [6.45, 7) is 7.69. The topological polar surface area (TPSA) is 29.9 Å². The second-order valence-electron chi connectivity index (χ2n) is 5.89. The molecule has 2 aromatic rings. The average Bonchev–Trinajstić information content (AvgIpc) is 2.62. The van der Waals surface area contributed by atoms with Crippen LogP contribution in [0.3, 0.4) is 0 Å². The number of imidazole rings is 1. The van der Waals surface area contributed by atoms with Gasteiger partial charge >= 0.3 is 0 Å². The molecular weight excluding hydrogens is 222 g/mol. The molecule has 0 bridgehead atoms. The van der Waals surface area contributed by atoms with Crippen LogP contribution in [0.5, 0.6) is 0 Å². The van der Waals surface area contributed by atoms with Crippen LogP contribution in [0.1, 0.15) is 32.2 Å². The number of rotatable bonds is 3. The molecule has 0 aliphatic carbocycles. The van der Waals surface area contributed by atoms with E-state index in [4.69, 9.17) is 4.98 Å². The molecular formula is C15H23N3. The van der Waals surface area contributed by atoms with Crippen LogP contribution in [0.25, 0.3) is 11.0 Å². The number of nitrogens with zero attached hydrogens (tertiary/aromatic N) is 2. The number of hydrogen-bond donors (Lipinski definition) is 1. The van der Waals surface area contributed by atoms with Crippen molar-refractivity contribution in [3.63, 3.8) is 0 Å². The van der Waals surface area contributed by atoms with E-state index in [1.54, 1.807) is 0 Å². The highest BCUT2D eigenvalue weighted by Crippen LogP contribution is 2.26. The van der Waals surface area contributed by atoms with Crippen LogP contribution >= 0.6 is 0 Å². The minimum Gasteiger partial charge on any atom is -0.331 e. The summed E-state index contributed by atoms with van der Waals surface area (Å²) in [7, 11) is 4.08. The van der Waals surface area contributed by atoms with Gasteiger partial charge in [0.15, 0.2) is 0 Å². The zero-order valence-corrected chi connectivity index (χ0v) is 12.0. The molecule has 18 heavy (non-hydrogen) atoms. The van der Waals surface area contributed by atoms with Crippen molar-refractivity contribution in [3.05, 3.63) is 29.6 Å². The number of aryl methyl sites for hydroxylation is 1. The summed E-state index contributed by atoms with van der Waals surface area (Å²) >= 11 is 0. The van der Waals surface area contributed by atoms with Gasteiger partial charge in [0.25, 0.3) is 0 Å². The van der Waals surface area contributed by atoms with Crippen molar-refractivity contribution in [2.24, 2.45) is 7.05 Å². The van der Waals surface area contributed by atoms with E-state index in [1.807, 2.05) is 7.05 Å². The van der Waals surface area contributed by atoms with Crippen molar-refractivity contribution < 1.29 is 0 Å². The fourth-order valence-corrected chi connectivity index (χ4v) is 2.17. The summed E-state index contributed by atoms with van der Waals surface area (Å²) in [5, 5.41) is 3.17. The number of likely N-dealkylation sites (N-methyl/N-ethyl adjacent to an activating group) is 1. The third kappa shape index (κ3) is 2.41. The van der Waals surface area contributed by atoms with Crippen molar-refractivity contribution in [2.75, 3.05) is 13.6 Å². The molecule has 0 unspecified atom stereocenters. The molecule has 0 saturated carbocycles. The van der Waals surface area contributed by atoms with Crippen molar-refractivity contribution in [1.29, 1.82) is 0 Å². The fourth-order valence-electron chi connectivity index (χ4n) is 2.17. The Morgan fingerprint density at radius 2 is 2.00 bits per heavy atom. The largest absolute Gasteiger partial charge is 0.331 e. The van der Waals surface area contributed by atoms with Crippen molar-refractivity contribution in [2.45, 2.75) is 32.6 Å². The quantitative estimate of drug-likeness (QED) is 0.901. The Morgan fingerprint density at radius 1 is 1.28 bits per heavy atom. The molecule has 3 heteroatoms. The molecule has 0 fully saturated rings. The van der Waals surface area contributed by atoms with Crippen LogP contribution in [0.2, 0.25) is 0 Å². The number of hydrogen-bond acceptors (Lipinski definition) is 2. The first-order valence-corrected chi connectivity index (χ1v) is 6.54. The SMILES string of the molecule is CNCCc1nc2ccc(C(C)(C)C)cc2n1C. The van der Waals surface area contributed by atoms with Crippen LogP contribution in [0.15, 0.2) is 18.2 Å². The molecule has 1 aromatic carbocycles. The van der Waals surface area contributed by atoms with Crippen LogP contribution in [0, 0.1) is 0 Å². The standard InChI is InChI=1S/C15H23N3/c1-15(2,3)11-6-7-12-13(10-11)18(5)14(17-12)8-9-16-4/h6-7,10,16H,8-9H2,1-5H3. The van der Waals surface area contributed by atoms with E-state index in [0.29, 0.717) is 0 Å². The van der Waals surface area contributed by atoms with Crippen LogP contribution in [0.4, 0.5) is 0 Å². The molecule has 0 saturated heterocycles. The Balaban J connectivity index is 2.47. The first-order valence-electron chi connectivity index (χ1n) is 6.54. The molecule has 98 valence electrons. The van der Waals surface area contributed by atoms with Crippen LogP contribution < -0.4 is 5.32 Å². The summed E-state index contributed by atoms with van der Waals surface area (Å²) in [4.78, 5) is 4.70. The molecule has 1 aromatic heterocycles. The van der Waals surface area contributed by atoms with E-state index >= 15 is 0 Å². The normalized spacial score (nSPS) is 12.3. The average molecular weight is 245 g/mol. The monoisotopic (exact) mass is 245 g/mol. The first kappa shape index (κ1) is 13.1. The van der Waals surface area contributed by atoms with Gasteiger partial charge in [0, 0.05) is 20.0 Å². The fraction of sp³-hybridized carbons (Fsp3) is 0.533. The predicted octanol–water partition coefficient (Wildman–Crippen LogP) is 2.63. The lowest BCUT2D eigenvalue weighted by atomic mass is 9.87. The number of nitrogens with one attached hydrogen (secondary N) is 1. The maximum absolute atomic E-state index is 4.70. The number of fused-ring (bicyclic) bond motifs is 1. The van der Waals surface area contributed by atoms with Gasteiger partial charge in [-0.2, -0.15) is 0 Å². The zero-order chi connectivity index (χ0) is 13.3. The van der Waals surface area contributed by atoms with E-state index in [0.717, 1.165) is 24.3 Å². The third-order valence-electron chi connectivity index (χ3n) is 3.44. The molecule has 0 atom stereocenters. The Morgan fingerprint density at radius 3 is 2.61 bits per heavy atom. The summed E-state index contributed by atoms with van der Waals surface area (Å²) in [6, 6.07) is 6.60. The van der Waals surface area contributed by atoms with E-state index in [9.17, 15) is 0 Å². The third-order valence-corrected chi connectivity index (χ3v) is 3.44. The van der Waals surface area contributed by atoms with Crippen molar-refractivity contribution in [3.8, 4) is 0 Å². The zero-order valence-electron chi connectivity index (χ0n) is 12.0. The minimum atomic E-state index is 0.184. The predicted molar refractivity (Wildman–Crippen MR) is 77.0 cm³/mol. The Hall–Kier alpha value is -1.35. The van der Waals surface area contributed by atoms with Crippen LogP contribution in [-0.4, -0.2) is 23.1 Å². The van der Waals surface area contributed by atoms with Crippen LogP contribution in [-0.2, 0) is 18.9 Å². The van der Waals surface area contributed by atoms with Gasteiger partial charge in [-0.3, -0.25) is 0 Å². The highest BCUT2D eigenvalue weighted by molar-refractivity contribution is 5.77. The van der Waals surface area contributed by atoms with Crippen molar-refractivity contribution in [1.82, 2.24) is 14.9 Å². The summed E-state index contributed by atoms with van der Waals surface area (Å²) in [5.41, 5.74) is 3.87. The highest BCUT2D eigenvalue weighted by atomic mass is 15.1. The van der Waals surface area contributed by atoms with Gasteiger partial charge in [-0.25, -0.2) is 4.98 Å². The number of aromatic nitrogens is 2. The van der Waals surface area contributed by atoms with E-state index in [1.165, 1.54) is 11.1 Å². The van der Waals surface area contributed by atoms with Crippen molar-refractivity contribution >= 4 is 11.0 Å². The molecule has 3 nitrogen and oxygen atoms in total. The molecule has 1 N–H and O–H groups in total. The van der Waals surface area contributed by atoms with Gasteiger partial charge in [0.1, 0.15) is 5.82 Å². The number of benzene rings is 1. The molecule has 0 radical (unpaired) electrons. The Labute approximate surface area is 109 Å². The lowest BCUT2D eigenvalue weighted by molar-refractivity contribution is 0.590. The molecule has 0 spiro atoms. The van der Waals surface area contributed by atoms with Gasteiger partial charge in [-0.15, -0.1) is 0 Å². The molecule has 0 aliphatic heterocycles. The Bertz CT molecular complexity index is 547. The van der Waals surface area contributed by atoms with Gasteiger partial charge in [0.2, 0.25) is 0 Å². The second kappa shape index (κ2) is 4.73.